The summed E-state index contributed by atoms with van der Waals surface area (Å²) in [5.74, 6) is 1.69. The van der Waals surface area contributed by atoms with E-state index in [9.17, 15) is 0 Å². The largest absolute Gasteiger partial charge is 0.467 e. The van der Waals surface area contributed by atoms with Crippen molar-refractivity contribution in [2.45, 2.75) is 13.0 Å². The zero-order valence-corrected chi connectivity index (χ0v) is 10.5. The molecule has 0 aliphatic rings. The van der Waals surface area contributed by atoms with Gasteiger partial charge in [0.1, 0.15) is 5.76 Å². The SMILES string of the molecule is CC(Nc1ccc(-c2cnco2)cc1)c1ccco1. The molecule has 0 amide bonds. The third-order valence-corrected chi connectivity index (χ3v) is 2.95. The Bertz CT molecular complexity index is 613. The molecule has 0 spiro atoms. The number of nitrogens with one attached hydrogen (secondary N) is 1. The van der Waals surface area contributed by atoms with Gasteiger partial charge in [-0.2, -0.15) is 0 Å². The van der Waals surface area contributed by atoms with Crippen LogP contribution in [0.2, 0.25) is 0 Å². The molecule has 0 saturated heterocycles. The van der Waals surface area contributed by atoms with Crippen molar-refractivity contribution in [2.75, 3.05) is 5.32 Å². The molecule has 3 rings (SSSR count). The first-order chi connectivity index (χ1) is 9.33. The molecule has 3 aromatic rings. The Morgan fingerprint density at radius 1 is 1.11 bits per heavy atom. The van der Waals surface area contributed by atoms with Crippen LogP contribution in [0.4, 0.5) is 5.69 Å². The predicted molar refractivity (Wildman–Crippen MR) is 72.7 cm³/mol. The fourth-order valence-corrected chi connectivity index (χ4v) is 1.95. The van der Waals surface area contributed by atoms with Crippen molar-refractivity contribution in [3.8, 4) is 11.3 Å². The van der Waals surface area contributed by atoms with E-state index in [1.807, 2.05) is 36.4 Å². The van der Waals surface area contributed by atoms with Crippen LogP contribution < -0.4 is 5.32 Å². The molecule has 0 aliphatic heterocycles. The third kappa shape index (κ3) is 2.52. The molecule has 1 atom stereocenters. The molecule has 4 nitrogen and oxygen atoms in total. The van der Waals surface area contributed by atoms with E-state index in [4.69, 9.17) is 8.83 Å². The van der Waals surface area contributed by atoms with Gasteiger partial charge in [0.15, 0.2) is 12.2 Å². The second-order valence-corrected chi connectivity index (χ2v) is 4.32. The summed E-state index contributed by atoms with van der Waals surface area (Å²) in [4.78, 5) is 3.91. The van der Waals surface area contributed by atoms with Crippen LogP contribution in [0.1, 0.15) is 18.7 Å². The molecule has 0 saturated carbocycles. The van der Waals surface area contributed by atoms with Crippen LogP contribution in [0, 0.1) is 0 Å². The molecule has 1 aromatic carbocycles. The fourth-order valence-electron chi connectivity index (χ4n) is 1.95. The van der Waals surface area contributed by atoms with E-state index in [1.165, 1.54) is 6.39 Å². The Morgan fingerprint density at radius 2 is 1.95 bits per heavy atom. The van der Waals surface area contributed by atoms with E-state index in [1.54, 1.807) is 12.5 Å². The summed E-state index contributed by atoms with van der Waals surface area (Å²) in [6, 6.07) is 12.0. The molecule has 96 valence electrons. The second-order valence-electron chi connectivity index (χ2n) is 4.32. The molecule has 2 heterocycles. The predicted octanol–water partition coefficient (Wildman–Crippen LogP) is 4.11. The highest BCUT2D eigenvalue weighted by Gasteiger charge is 2.08. The highest BCUT2D eigenvalue weighted by atomic mass is 16.3. The molecule has 1 N–H and O–H groups in total. The van der Waals surface area contributed by atoms with Gasteiger partial charge in [0.05, 0.1) is 18.5 Å². The van der Waals surface area contributed by atoms with E-state index < -0.39 is 0 Å². The standard InChI is InChI=1S/C15H14N2O2/c1-11(14-3-2-8-18-14)17-13-6-4-12(5-7-13)15-9-16-10-19-15/h2-11,17H,1H3. The number of hydrogen-bond acceptors (Lipinski definition) is 4. The molecule has 19 heavy (non-hydrogen) atoms. The molecule has 0 bridgehead atoms. The van der Waals surface area contributed by atoms with E-state index >= 15 is 0 Å². The molecular formula is C15H14N2O2. The van der Waals surface area contributed by atoms with Crippen LogP contribution in [0.15, 0.2) is 64.1 Å². The summed E-state index contributed by atoms with van der Waals surface area (Å²) in [5.41, 5.74) is 2.04. The second kappa shape index (κ2) is 5.02. The van der Waals surface area contributed by atoms with Crippen molar-refractivity contribution < 1.29 is 8.83 Å². The number of aromatic nitrogens is 1. The lowest BCUT2D eigenvalue weighted by Crippen LogP contribution is -2.05. The molecule has 0 aliphatic carbocycles. The van der Waals surface area contributed by atoms with Crippen molar-refractivity contribution in [3.63, 3.8) is 0 Å². The average molecular weight is 254 g/mol. The number of hydrogen-bond donors (Lipinski definition) is 1. The minimum absolute atomic E-state index is 0.131. The van der Waals surface area contributed by atoms with Crippen LogP contribution in [0.3, 0.4) is 0 Å². The number of oxazole rings is 1. The molecule has 4 heteroatoms. The molecule has 2 aromatic heterocycles. The van der Waals surface area contributed by atoms with E-state index in [0.29, 0.717) is 0 Å². The van der Waals surface area contributed by atoms with Crippen molar-refractivity contribution >= 4 is 5.69 Å². The number of anilines is 1. The van der Waals surface area contributed by atoms with Gasteiger partial charge in [-0.1, -0.05) is 0 Å². The Kier molecular flexibility index (Phi) is 3.06. The van der Waals surface area contributed by atoms with E-state index in [-0.39, 0.29) is 6.04 Å². The lowest BCUT2D eigenvalue weighted by Gasteiger charge is -2.12. The number of benzene rings is 1. The normalized spacial score (nSPS) is 12.3. The fraction of sp³-hybridized carbons (Fsp3) is 0.133. The minimum Gasteiger partial charge on any atom is -0.467 e. The lowest BCUT2D eigenvalue weighted by molar-refractivity contribution is 0.490. The highest BCUT2D eigenvalue weighted by molar-refractivity contribution is 5.60. The van der Waals surface area contributed by atoms with Crippen LogP contribution in [-0.4, -0.2) is 4.98 Å². The minimum atomic E-state index is 0.131. The summed E-state index contributed by atoms with van der Waals surface area (Å²) < 4.78 is 10.6. The first kappa shape index (κ1) is 11.6. The van der Waals surface area contributed by atoms with Gasteiger partial charge >= 0.3 is 0 Å². The number of nitrogens with zero attached hydrogens (tertiary/aromatic N) is 1. The van der Waals surface area contributed by atoms with Crippen LogP contribution in [0.25, 0.3) is 11.3 Å². The Balaban J connectivity index is 1.73. The molecule has 0 radical (unpaired) electrons. The molecule has 1 unspecified atom stereocenters. The lowest BCUT2D eigenvalue weighted by atomic mass is 10.1. The number of rotatable bonds is 4. The van der Waals surface area contributed by atoms with Crippen molar-refractivity contribution in [2.24, 2.45) is 0 Å². The van der Waals surface area contributed by atoms with Crippen molar-refractivity contribution in [1.29, 1.82) is 0 Å². The van der Waals surface area contributed by atoms with Gasteiger partial charge < -0.3 is 14.2 Å². The van der Waals surface area contributed by atoms with Gasteiger partial charge in [-0.3, -0.25) is 0 Å². The maximum Gasteiger partial charge on any atom is 0.181 e. The van der Waals surface area contributed by atoms with Gasteiger partial charge in [-0.05, 0) is 43.3 Å². The van der Waals surface area contributed by atoms with Crippen molar-refractivity contribution in [1.82, 2.24) is 4.98 Å². The smallest absolute Gasteiger partial charge is 0.181 e. The Labute approximate surface area is 111 Å². The summed E-state index contributed by atoms with van der Waals surface area (Å²) in [6.07, 6.45) is 4.81. The van der Waals surface area contributed by atoms with Crippen LogP contribution in [-0.2, 0) is 0 Å². The summed E-state index contributed by atoms with van der Waals surface area (Å²) in [7, 11) is 0. The van der Waals surface area contributed by atoms with Gasteiger partial charge in [0.2, 0.25) is 0 Å². The Hall–Kier alpha value is -2.49. The van der Waals surface area contributed by atoms with E-state index in [2.05, 4.69) is 17.2 Å². The van der Waals surface area contributed by atoms with Gasteiger partial charge in [0.25, 0.3) is 0 Å². The summed E-state index contributed by atoms with van der Waals surface area (Å²) in [6.45, 7) is 2.06. The van der Waals surface area contributed by atoms with Gasteiger partial charge in [-0.25, -0.2) is 4.98 Å². The van der Waals surface area contributed by atoms with E-state index in [0.717, 1.165) is 22.8 Å². The first-order valence-corrected chi connectivity index (χ1v) is 6.12. The first-order valence-electron chi connectivity index (χ1n) is 6.12. The Morgan fingerprint density at radius 3 is 2.58 bits per heavy atom. The average Bonchev–Trinajstić information content (AvgIpc) is 3.13. The molecule has 0 fully saturated rings. The zero-order chi connectivity index (χ0) is 13.1. The van der Waals surface area contributed by atoms with Crippen molar-refractivity contribution in [3.05, 3.63) is 61.0 Å². The number of furan rings is 1. The summed E-state index contributed by atoms with van der Waals surface area (Å²) >= 11 is 0. The monoisotopic (exact) mass is 254 g/mol. The van der Waals surface area contributed by atoms with Crippen LogP contribution in [0.5, 0.6) is 0 Å². The van der Waals surface area contributed by atoms with Crippen LogP contribution >= 0.6 is 0 Å². The summed E-state index contributed by atoms with van der Waals surface area (Å²) in [5, 5.41) is 3.38. The third-order valence-electron chi connectivity index (χ3n) is 2.95. The quantitative estimate of drug-likeness (QED) is 0.761. The zero-order valence-electron chi connectivity index (χ0n) is 10.5. The topological polar surface area (TPSA) is 51.2 Å². The molecular weight excluding hydrogens is 240 g/mol. The van der Waals surface area contributed by atoms with Gasteiger partial charge in [0, 0.05) is 11.3 Å². The maximum atomic E-state index is 5.36. The maximum absolute atomic E-state index is 5.36. The van der Waals surface area contributed by atoms with Gasteiger partial charge in [-0.15, -0.1) is 0 Å². The highest BCUT2D eigenvalue weighted by Crippen LogP contribution is 2.23.